The predicted molar refractivity (Wildman–Crippen MR) is 123 cm³/mol. The Morgan fingerprint density at radius 1 is 0.938 bits per heavy atom. The Hall–Kier alpha value is -2.31. The number of hydrogen-bond donors (Lipinski definition) is 0. The molecule has 1 saturated heterocycles. The number of nitrogens with zero attached hydrogens (tertiary/aromatic N) is 3. The van der Waals surface area contributed by atoms with Crippen LogP contribution in [0.4, 0.5) is 0 Å². The smallest absolute Gasteiger partial charge is 0.252 e. The molecule has 1 aromatic heterocycles. The fourth-order valence-corrected chi connectivity index (χ4v) is 7.37. The summed E-state index contributed by atoms with van der Waals surface area (Å²) in [5.41, 5.74) is 0. The molecule has 170 valence electrons. The minimum absolute atomic E-state index is 0.155. The average molecular weight is 494 g/mol. The molecule has 0 bridgehead atoms. The Kier molecular flexibility index (Phi) is 6.37. The summed E-state index contributed by atoms with van der Waals surface area (Å²) in [6.45, 7) is 0.430. The Morgan fingerprint density at radius 3 is 2.28 bits per heavy atom. The number of carbonyl (C=O) groups is 1. The molecule has 0 N–H and O–H groups in total. The lowest BCUT2D eigenvalue weighted by atomic mass is 10.1. The first-order valence-corrected chi connectivity index (χ1v) is 13.7. The standard InChI is InChI=1S/C21H23N3O5S3/c1-22(32(28,29)21-7-4-14-30-21)16-20(25)23-10-12-24(13-11-23)31(26,27)19-9-8-17-5-2-3-6-18(17)15-19/h2-9,14-15H,10-13,16H2,1H3. The lowest BCUT2D eigenvalue weighted by Gasteiger charge is -2.34. The third kappa shape index (κ3) is 4.44. The van der Waals surface area contributed by atoms with Crippen molar-refractivity contribution in [1.82, 2.24) is 13.5 Å². The van der Waals surface area contributed by atoms with E-state index in [-0.39, 0.29) is 47.7 Å². The van der Waals surface area contributed by atoms with Crippen LogP contribution in [0.25, 0.3) is 10.8 Å². The van der Waals surface area contributed by atoms with E-state index in [9.17, 15) is 21.6 Å². The van der Waals surface area contributed by atoms with Gasteiger partial charge in [-0.05, 0) is 34.4 Å². The van der Waals surface area contributed by atoms with Crippen molar-refractivity contribution in [2.45, 2.75) is 9.10 Å². The first-order valence-electron chi connectivity index (χ1n) is 9.96. The molecule has 1 aliphatic rings. The van der Waals surface area contributed by atoms with Crippen molar-refractivity contribution in [2.24, 2.45) is 0 Å². The Bertz CT molecular complexity index is 1330. The van der Waals surface area contributed by atoms with E-state index in [1.807, 2.05) is 24.3 Å². The number of fused-ring (bicyclic) bond motifs is 1. The lowest BCUT2D eigenvalue weighted by molar-refractivity contribution is -0.132. The number of rotatable bonds is 6. The number of piperazine rings is 1. The molecule has 0 atom stereocenters. The largest absolute Gasteiger partial charge is 0.339 e. The maximum Gasteiger partial charge on any atom is 0.252 e. The van der Waals surface area contributed by atoms with Crippen molar-refractivity contribution in [1.29, 1.82) is 0 Å². The van der Waals surface area contributed by atoms with Gasteiger partial charge in [0.15, 0.2) is 0 Å². The van der Waals surface area contributed by atoms with E-state index in [0.717, 1.165) is 26.4 Å². The summed E-state index contributed by atoms with van der Waals surface area (Å²) in [6.07, 6.45) is 0. The minimum Gasteiger partial charge on any atom is -0.339 e. The van der Waals surface area contributed by atoms with Gasteiger partial charge in [0.1, 0.15) is 4.21 Å². The monoisotopic (exact) mass is 493 g/mol. The number of likely N-dealkylation sites (N-methyl/N-ethyl adjacent to an activating group) is 1. The zero-order chi connectivity index (χ0) is 22.9. The van der Waals surface area contributed by atoms with Crippen LogP contribution in [0.3, 0.4) is 0 Å². The van der Waals surface area contributed by atoms with Gasteiger partial charge in [-0.1, -0.05) is 36.4 Å². The van der Waals surface area contributed by atoms with Crippen molar-refractivity contribution in [3.05, 3.63) is 60.0 Å². The summed E-state index contributed by atoms with van der Waals surface area (Å²) >= 11 is 1.09. The summed E-state index contributed by atoms with van der Waals surface area (Å²) in [5, 5.41) is 3.47. The molecule has 11 heteroatoms. The fourth-order valence-electron chi connectivity index (χ4n) is 3.59. The molecule has 0 spiro atoms. The molecule has 32 heavy (non-hydrogen) atoms. The number of amides is 1. The molecule has 0 saturated carbocycles. The molecule has 1 aliphatic heterocycles. The number of benzene rings is 2. The van der Waals surface area contributed by atoms with E-state index in [4.69, 9.17) is 0 Å². The van der Waals surface area contributed by atoms with Gasteiger partial charge in [-0.2, -0.15) is 8.61 Å². The van der Waals surface area contributed by atoms with Crippen LogP contribution in [0.2, 0.25) is 0 Å². The van der Waals surface area contributed by atoms with E-state index in [1.54, 1.807) is 29.6 Å². The summed E-state index contributed by atoms with van der Waals surface area (Å²) in [7, 11) is -6.04. The van der Waals surface area contributed by atoms with Crippen molar-refractivity contribution >= 4 is 48.1 Å². The minimum atomic E-state index is -3.72. The molecular weight excluding hydrogens is 470 g/mol. The quantitative estimate of drug-likeness (QED) is 0.524. The van der Waals surface area contributed by atoms with Crippen molar-refractivity contribution in [3.63, 3.8) is 0 Å². The van der Waals surface area contributed by atoms with Gasteiger partial charge in [-0.3, -0.25) is 4.79 Å². The third-order valence-electron chi connectivity index (χ3n) is 5.47. The van der Waals surface area contributed by atoms with Crippen LogP contribution in [0.5, 0.6) is 0 Å². The second kappa shape index (κ2) is 8.91. The van der Waals surface area contributed by atoms with Crippen molar-refractivity contribution < 1.29 is 21.6 Å². The van der Waals surface area contributed by atoms with Crippen LogP contribution in [-0.4, -0.2) is 76.0 Å². The summed E-state index contributed by atoms with van der Waals surface area (Å²) < 4.78 is 53.8. The van der Waals surface area contributed by atoms with E-state index >= 15 is 0 Å². The normalized spacial score (nSPS) is 16.0. The van der Waals surface area contributed by atoms with Crippen molar-refractivity contribution in [3.8, 4) is 0 Å². The Morgan fingerprint density at radius 2 is 1.62 bits per heavy atom. The molecule has 2 heterocycles. The Balaban J connectivity index is 1.40. The molecule has 1 fully saturated rings. The predicted octanol–water partition coefficient (Wildman–Crippen LogP) is 2.05. The molecule has 0 radical (unpaired) electrons. The molecular formula is C21H23N3O5S3. The molecule has 1 amide bonds. The van der Waals surface area contributed by atoms with Gasteiger partial charge >= 0.3 is 0 Å². The van der Waals surface area contributed by atoms with Gasteiger partial charge < -0.3 is 4.90 Å². The first kappa shape index (κ1) is 22.9. The second-order valence-electron chi connectivity index (χ2n) is 7.49. The van der Waals surface area contributed by atoms with Crippen LogP contribution in [-0.2, 0) is 24.8 Å². The van der Waals surface area contributed by atoms with Gasteiger partial charge in [-0.15, -0.1) is 11.3 Å². The van der Waals surface area contributed by atoms with Crippen LogP contribution in [0, 0.1) is 0 Å². The average Bonchev–Trinajstić information content (AvgIpc) is 3.34. The van der Waals surface area contributed by atoms with Crippen molar-refractivity contribution in [2.75, 3.05) is 39.8 Å². The highest BCUT2D eigenvalue weighted by Gasteiger charge is 2.32. The van der Waals surface area contributed by atoms with Gasteiger partial charge in [-0.25, -0.2) is 16.8 Å². The van der Waals surface area contributed by atoms with Gasteiger partial charge in [0.2, 0.25) is 15.9 Å². The molecule has 2 aromatic carbocycles. The molecule has 0 unspecified atom stereocenters. The van der Waals surface area contributed by atoms with Crippen LogP contribution in [0.15, 0.2) is 69.1 Å². The molecule has 4 rings (SSSR count). The highest BCUT2D eigenvalue weighted by Crippen LogP contribution is 2.23. The van der Waals surface area contributed by atoms with Gasteiger partial charge in [0, 0.05) is 33.2 Å². The zero-order valence-electron chi connectivity index (χ0n) is 17.4. The highest BCUT2D eigenvalue weighted by atomic mass is 32.2. The maximum absolute atomic E-state index is 13.1. The first-order chi connectivity index (χ1) is 15.2. The number of sulfonamides is 2. The highest BCUT2D eigenvalue weighted by molar-refractivity contribution is 7.91. The topological polar surface area (TPSA) is 95.1 Å². The fraction of sp³-hybridized carbons (Fsp3) is 0.286. The Labute approximate surface area is 191 Å². The molecule has 8 nitrogen and oxygen atoms in total. The maximum atomic E-state index is 13.1. The summed E-state index contributed by atoms with van der Waals surface area (Å²) in [4.78, 5) is 14.4. The van der Waals surface area contributed by atoms with Crippen LogP contribution in [0.1, 0.15) is 0 Å². The van der Waals surface area contributed by atoms with E-state index in [2.05, 4.69) is 0 Å². The van der Waals surface area contributed by atoms with Gasteiger partial charge in [0.25, 0.3) is 10.0 Å². The number of hydrogen-bond acceptors (Lipinski definition) is 6. The van der Waals surface area contributed by atoms with E-state index in [0.29, 0.717) is 0 Å². The second-order valence-corrected chi connectivity index (χ2v) is 12.6. The number of carbonyl (C=O) groups excluding carboxylic acids is 1. The SMILES string of the molecule is CN(CC(=O)N1CCN(S(=O)(=O)c2ccc3ccccc3c2)CC1)S(=O)(=O)c1cccs1. The number of thiophene rings is 1. The van der Waals surface area contributed by atoms with Crippen LogP contribution < -0.4 is 0 Å². The van der Waals surface area contributed by atoms with E-state index in [1.165, 1.54) is 22.3 Å². The lowest BCUT2D eigenvalue weighted by Crippen LogP contribution is -2.52. The zero-order valence-corrected chi connectivity index (χ0v) is 19.9. The van der Waals surface area contributed by atoms with E-state index < -0.39 is 20.0 Å². The summed E-state index contributed by atoms with van der Waals surface area (Å²) in [5.74, 6) is -0.351. The molecule has 0 aliphatic carbocycles. The molecule has 3 aromatic rings. The third-order valence-corrected chi connectivity index (χ3v) is 10.5. The van der Waals surface area contributed by atoms with Crippen LogP contribution >= 0.6 is 11.3 Å². The van der Waals surface area contributed by atoms with Gasteiger partial charge in [0.05, 0.1) is 11.4 Å². The summed E-state index contributed by atoms with van der Waals surface area (Å²) in [6, 6.07) is 15.7.